The maximum atomic E-state index is 5.35. The molecule has 1 unspecified atom stereocenters. The summed E-state index contributed by atoms with van der Waals surface area (Å²) < 4.78 is 10.6. The van der Waals surface area contributed by atoms with E-state index in [9.17, 15) is 0 Å². The van der Waals surface area contributed by atoms with Crippen molar-refractivity contribution < 1.29 is 9.47 Å². The van der Waals surface area contributed by atoms with Gasteiger partial charge in [-0.2, -0.15) is 0 Å². The second-order valence-corrected chi connectivity index (χ2v) is 5.99. The lowest BCUT2D eigenvalue weighted by molar-refractivity contribution is 0.354. The molecule has 5 heteroatoms. The fraction of sp³-hybridized carbons (Fsp3) is 0.438. The van der Waals surface area contributed by atoms with Crippen LogP contribution in [0, 0.1) is 0 Å². The summed E-state index contributed by atoms with van der Waals surface area (Å²) in [5, 5.41) is 4.70. The minimum Gasteiger partial charge on any atom is -0.493 e. The van der Waals surface area contributed by atoms with Gasteiger partial charge in [0, 0.05) is 23.7 Å². The Kier molecular flexibility index (Phi) is 5.59. The average molecular weight is 306 g/mol. The van der Waals surface area contributed by atoms with Gasteiger partial charge in [-0.05, 0) is 31.0 Å². The van der Waals surface area contributed by atoms with Crippen LogP contribution in [-0.4, -0.2) is 19.2 Å². The largest absolute Gasteiger partial charge is 0.493 e. The molecule has 0 spiro atoms. The molecule has 21 heavy (non-hydrogen) atoms. The van der Waals surface area contributed by atoms with Crippen molar-refractivity contribution in [2.24, 2.45) is 0 Å². The molecule has 0 aliphatic carbocycles. The summed E-state index contributed by atoms with van der Waals surface area (Å²) in [7, 11) is 3.30. The maximum Gasteiger partial charge on any atom is 0.161 e. The fourth-order valence-corrected chi connectivity index (χ4v) is 2.90. The number of hydrogen-bond donors (Lipinski definition) is 1. The summed E-state index contributed by atoms with van der Waals surface area (Å²) in [5.41, 5.74) is 1.17. The molecule has 0 bridgehead atoms. The van der Waals surface area contributed by atoms with Crippen molar-refractivity contribution >= 4 is 11.3 Å². The van der Waals surface area contributed by atoms with Crippen molar-refractivity contribution in [1.82, 2.24) is 10.3 Å². The number of aromatic nitrogens is 1. The van der Waals surface area contributed by atoms with Crippen LogP contribution in [0.4, 0.5) is 0 Å². The Balaban J connectivity index is 2.01. The van der Waals surface area contributed by atoms with Crippen LogP contribution in [0.3, 0.4) is 0 Å². The first-order valence-electron chi connectivity index (χ1n) is 7.06. The van der Waals surface area contributed by atoms with Gasteiger partial charge >= 0.3 is 0 Å². The number of ether oxygens (including phenoxy) is 2. The molecule has 1 heterocycles. The van der Waals surface area contributed by atoms with E-state index in [0.29, 0.717) is 0 Å². The van der Waals surface area contributed by atoms with Crippen LogP contribution >= 0.6 is 11.3 Å². The molecule has 0 amide bonds. The topological polar surface area (TPSA) is 43.4 Å². The molecule has 1 atom stereocenters. The van der Waals surface area contributed by atoms with Crippen molar-refractivity contribution in [3.63, 3.8) is 0 Å². The molecule has 2 aromatic rings. The Labute approximate surface area is 130 Å². The number of benzene rings is 1. The van der Waals surface area contributed by atoms with E-state index in [2.05, 4.69) is 30.2 Å². The maximum absolute atomic E-state index is 5.35. The number of hydrogen-bond acceptors (Lipinski definition) is 5. The van der Waals surface area contributed by atoms with Gasteiger partial charge in [-0.25, -0.2) is 4.98 Å². The third-order valence-electron chi connectivity index (χ3n) is 3.39. The third kappa shape index (κ3) is 3.95. The molecular formula is C16H22N2O2S. The Hall–Kier alpha value is -1.59. The van der Waals surface area contributed by atoms with Crippen LogP contribution in [0.15, 0.2) is 24.4 Å². The molecule has 1 N–H and O–H groups in total. The van der Waals surface area contributed by atoms with E-state index in [1.54, 1.807) is 25.6 Å². The molecule has 0 saturated carbocycles. The van der Waals surface area contributed by atoms with Crippen LogP contribution in [0.2, 0.25) is 0 Å². The Morgan fingerprint density at radius 2 is 2.00 bits per heavy atom. The molecule has 0 saturated heterocycles. The molecule has 0 fully saturated rings. The molecule has 4 nitrogen and oxygen atoms in total. The molecular weight excluding hydrogens is 284 g/mol. The van der Waals surface area contributed by atoms with Gasteiger partial charge in [-0.3, -0.25) is 0 Å². The zero-order valence-electron chi connectivity index (χ0n) is 13.0. The van der Waals surface area contributed by atoms with E-state index in [1.165, 1.54) is 15.4 Å². The third-order valence-corrected chi connectivity index (χ3v) is 4.54. The van der Waals surface area contributed by atoms with Gasteiger partial charge < -0.3 is 14.8 Å². The van der Waals surface area contributed by atoms with Crippen LogP contribution in [0.25, 0.3) is 0 Å². The van der Waals surface area contributed by atoms with Crippen LogP contribution in [0.1, 0.15) is 35.3 Å². The van der Waals surface area contributed by atoms with E-state index in [0.717, 1.165) is 24.5 Å². The van der Waals surface area contributed by atoms with Crippen molar-refractivity contribution in [2.45, 2.75) is 32.9 Å². The highest BCUT2D eigenvalue weighted by Gasteiger charge is 2.10. The standard InChI is InChI=1S/C16H22N2O2S/c1-5-16-18-10-13(21-16)9-17-11(2)12-6-7-14(19-3)15(8-12)20-4/h6-8,10-11,17H,5,9H2,1-4H3. The summed E-state index contributed by atoms with van der Waals surface area (Å²) in [6, 6.07) is 6.25. The number of methoxy groups -OCH3 is 2. The zero-order chi connectivity index (χ0) is 15.2. The van der Waals surface area contributed by atoms with Crippen LogP contribution in [-0.2, 0) is 13.0 Å². The molecule has 2 rings (SSSR count). The molecule has 1 aromatic heterocycles. The lowest BCUT2D eigenvalue weighted by atomic mass is 10.1. The molecule has 0 aliphatic heterocycles. The van der Waals surface area contributed by atoms with Gasteiger partial charge in [0.05, 0.1) is 19.2 Å². The van der Waals surface area contributed by atoms with Crippen molar-refractivity contribution in [3.05, 3.63) is 39.8 Å². The summed E-state index contributed by atoms with van der Waals surface area (Å²) >= 11 is 1.77. The van der Waals surface area contributed by atoms with Gasteiger partial charge in [0.1, 0.15) is 0 Å². The molecule has 114 valence electrons. The van der Waals surface area contributed by atoms with E-state index < -0.39 is 0 Å². The summed E-state index contributed by atoms with van der Waals surface area (Å²) in [6.45, 7) is 5.10. The van der Waals surface area contributed by atoms with Crippen LogP contribution in [0.5, 0.6) is 11.5 Å². The fourth-order valence-electron chi connectivity index (χ4n) is 2.09. The number of thiazole rings is 1. The second kappa shape index (κ2) is 7.43. The SMILES string of the molecule is CCc1ncc(CNC(C)c2ccc(OC)c(OC)c2)s1. The molecule has 0 aliphatic rings. The van der Waals surface area contributed by atoms with E-state index >= 15 is 0 Å². The minimum atomic E-state index is 0.233. The second-order valence-electron chi connectivity index (χ2n) is 4.79. The average Bonchev–Trinajstić information content (AvgIpc) is 2.99. The number of nitrogens with zero attached hydrogens (tertiary/aromatic N) is 1. The highest BCUT2D eigenvalue weighted by Crippen LogP contribution is 2.30. The number of aryl methyl sites for hydroxylation is 1. The van der Waals surface area contributed by atoms with Crippen molar-refractivity contribution in [1.29, 1.82) is 0 Å². The smallest absolute Gasteiger partial charge is 0.161 e. The quantitative estimate of drug-likeness (QED) is 0.849. The molecule has 0 radical (unpaired) electrons. The lowest BCUT2D eigenvalue weighted by Crippen LogP contribution is -2.17. The first kappa shape index (κ1) is 15.8. The van der Waals surface area contributed by atoms with Crippen molar-refractivity contribution in [3.8, 4) is 11.5 Å². The predicted octanol–water partition coefficient (Wildman–Crippen LogP) is 3.57. The summed E-state index contributed by atoms with van der Waals surface area (Å²) in [6.07, 6.45) is 2.95. The van der Waals surface area contributed by atoms with E-state index in [-0.39, 0.29) is 6.04 Å². The lowest BCUT2D eigenvalue weighted by Gasteiger charge is -2.16. The van der Waals surface area contributed by atoms with Gasteiger partial charge in [-0.1, -0.05) is 13.0 Å². The summed E-state index contributed by atoms with van der Waals surface area (Å²) in [4.78, 5) is 5.64. The Morgan fingerprint density at radius 1 is 1.24 bits per heavy atom. The van der Waals surface area contributed by atoms with Gasteiger partial charge in [-0.15, -0.1) is 11.3 Å². The van der Waals surface area contributed by atoms with E-state index in [4.69, 9.17) is 9.47 Å². The highest BCUT2D eigenvalue weighted by atomic mass is 32.1. The molecule has 1 aromatic carbocycles. The van der Waals surface area contributed by atoms with Crippen LogP contribution < -0.4 is 14.8 Å². The van der Waals surface area contributed by atoms with E-state index in [1.807, 2.05) is 18.3 Å². The Bertz CT molecular complexity index is 583. The minimum absolute atomic E-state index is 0.233. The number of rotatable bonds is 7. The normalized spacial score (nSPS) is 12.2. The highest BCUT2D eigenvalue weighted by molar-refractivity contribution is 7.11. The van der Waals surface area contributed by atoms with Gasteiger partial charge in [0.25, 0.3) is 0 Å². The van der Waals surface area contributed by atoms with Gasteiger partial charge in [0.2, 0.25) is 0 Å². The number of nitrogens with one attached hydrogen (secondary N) is 1. The Morgan fingerprint density at radius 3 is 2.62 bits per heavy atom. The first-order chi connectivity index (χ1) is 10.2. The summed E-state index contributed by atoms with van der Waals surface area (Å²) in [5.74, 6) is 1.51. The van der Waals surface area contributed by atoms with Crippen molar-refractivity contribution in [2.75, 3.05) is 14.2 Å². The zero-order valence-corrected chi connectivity index (χ0v) is 13.8. The first-order valence-corrected chi connectivity index (χ1v) is 7.88. The predicted molar refractivity (Wildman–Crippen MR) is 86.3 cm³/mol. The van der Waals surface area contributed by atoms with Gasteiger partial charge in [0.15, 0.2) is 11.5 Å². The monoisotopic (exact) mass is 306 g/mol.